The molecular formula is C17H21BrN2O2. The Labute approximate surface area is 139 Å². The molecule has 2 unspecified atom stereocenters. The molecule has 1 heterocycles. The van der Waals surface area contributed by atoms with Gasteiger partial charge < -0.3 is 10.2 Å². The van der Waals surface area contributed by atoms with Crippen molar-refractivity contribution in [3.63, 3.8) is 0 Å². The van der Waals surface area contributed by atoms with Gasteiger partial charge in [0, 0.05) is 16.9 Å². The van der Waals surface area contributed by atoms with Crippen LogP contribution in [0.2, 0.25) is 0 Å². The Bertz CT molecular complexity index is 569. The molecule has 0 bridgehead atoms. The molecule has 1 saturated carbocycles. The lowest BCUT2D eigenvalue weighted by Crippen LogP contribution is -2.47. The summed E-state index contributed by atoms with van der Waals surface area (Å²) in [6.07, 6.45) is 3.67. The molecule has 2 atom stereocenters. The predicted molar refractivity (Wildman–Crippen MR) is 88.2 cm³/mol. The zero-order valence-corrected chi connectivity index (χ0v) is 14.3. The quantitative estimate of drug-likeness (QED) is 0.892. The van der Waals surface area contributed by atoms with Crippen LogP contribution in [-0.2, 0) is 9.59 Å². The van der Waals surface area contributed by atoms with Crippen LogP contribution in [0.15, 0.2) is 28.7 Å². The second-order valence-corrected chi connectivity index (χ2v) is 7.16. The summed E-state index contributed by atoms with van der Waals surface area (Å²) >= 11 is 3.41. The molecule has 1 aromatic rings. The van der Waals surface area contributed by atoms with Crippen LogP contribution in [0.4, 0.5) is 0 Å². The second-order valence-electron chi connectivity index (χ2n) is 6.25. The summed E-state index contributed by atoms with van der Waals surface area (Å²) < 4.78 is 1.02. The van der Waals surface area contributed by atoms with Crippen molar-refractivity contribution in [2.24, 2.45) is 5.92 Å². The monoisotopic (exact) mass is 364 g/mol. The summed E-state index contributed by atoms with van der Waals surface area (Å²) in [5, 5.41) is 3.05. The number of benzene rings is 1. The van der Waals surface area contributed by atoms with Gasteiger partial charge in [0.15, 0.2) is 0 Å². The highest BCUT2D eigenvalue weighted by molar-refractivity contribution is 9.10. The van der Waals surface area contributed by atoms with E-state index in [2.05, 4.69) is 21.2 Å². The van der Waals surface area contributed by atoms with E-state index in [9.17, 15) is 9.59 Å². The van der Waals surface area contributed by atoms with Crippen molar-refractivity contribution in [1.29, 1.82) is 0 Å². The molecule has 0 radical (unpaired) electrons. The highest BCUT2D eigenvalue weighted by Gasteiger charge is 2.40. The number of hydrogen-bond acceptors (Lipinski definition) is 2. The van der Waals surface area contributed by atoms with E-state index in [-0.39, 0.29) is 29.8 Å². The van der Waals surface area contributed by atoms with Crippen LogP contribution in [0.25, 0.3) is 0 Å². The van der Waals surface area contributed by atoms with Crippen molar-refractivity contribution in [1.82, 2.24) is 10.2 Å². The molecule has 3 rings (SSSR count). The SMILES string of the molecule is CC(NC(=O)C1CCCN1C(=O)C1CC1)c1ccc(Br)cc1. The van der Waals surface area contributed by atoms with Gasteiger partial charge in [-0.2, -0.15) is 0 Å². The summed E-state index contributed by atoms with van der Waals surface area (Å²) in [7, 11) is 0. The number of nitrogens with zero attached hydrogens (tertiary/aromatic N) is 1. The number of halogens is 1. The number of nitrogens with one attached hydrogen (secondary N) is 1. The van der Waals surface area contributed by atoms with E-state index in [0.717, 1.165) is 42.3 Å². The van der Waals surface area contributed by atoms with Crippen molar-refractivity contribution in [3.05, 3.63) is 34.3 Å². The number of carbonyl (C=O) groups is 2. The van der Waals surface area contributed by atoms with Crippen LogP contribution in [-0.4, -0.2) is 29.3 Å². The standard InChI is InChI=1S/C17H21BrN2O2/c1-11(12-6-8-14(18)9-7-12)19-16(21)15-3-2-10-20(15)17(22)13-4-5-13/h6-9,11,13,15H,2-5,10H2,1H3,(H,19,21). The fourth-order valence-corrected chi connectivity index (χ4v) is 3.28. The lowest BCUT2D eigenvalue weighted by atomic mass is 10.1. The third-order valence-electron chi connectivity index (χ3n) is 4.49. The number of amides is 2. The molecule has 5 heteroatoms. The number of likely N-dealkylation sites (tertiary alicyclic amines) is 1. The fourth-order valence-electron chi connectivity index (χ4n) is 3.01. The molecule has 1 saturated heterocycles. The van der Waals surface area contributed by atoms with Gasteiger partial charge in [0.1, 0.15) is 6.04 Å². The normalized spacial score (nSPS) is 22.5. The van der Waals surface area contributed by atoms with E-state index < -0.39 is 0 Å². The Kier molecular flexibility index (Phi) is 4.52. The van der Waals surface area contributed by atoms with Crippen LogP contribution in [0.3, 0.4) is 0 Å². The lowest BCUT2D eigenvalue weighted by Gasteiger charge is -2.25. The Balaban J connectivity index is 1.62. The molecule has 22 heavy (non-hydrogen) atoms. The van der Waals surface area contributed by atoms with Gasteiger partial charge in [-0.15, -0.1) is 0 Å². The van der Waals surface area contributed by atoms with Gasteiger partial charge in [0.2, 0.25) is 11.8 Å². The Morgan fingerprint density at radius 3 is 2.55 bits per heavy atom. The lowest BCUT2D eigenvalue weighted by molar-refractivity contribution is -0.139. The molecule has 1 aromatic carbocycles. The third-order valence-corrected chi connectivity index (χ3v) is 5.02. The summed E-state index contributed by atoms with van der Waals surface area (Å²) in [5.41, 5.74) is 1.06. The zero-order chi connectivity index (χ0) is 15.7. The molecule has 1 aliphatic heterocycles. The molecule has 1 N–H and O–H groups in total. The Hall–Kier alpha value is -1.36. The van der Waals surface area contributed by atoms with Crippen LogP contribution in [0, 0.1) is 5.92 Å². The summed E-state index contributed by atoms with van der Waals surface area (Å²) in [6, 6.07) is 7.59. The minimum Gasteiger partial charge on any atom is -0.348 e. The van der Waals surface area contributed by atoms with Gasteiger partial charge in [-0.1, -0.05) is 28.1 Å². The van der Waals surface area contributed by atoms with E-state index in [0.29, 0.717) is 0 Å². The van der Waals surface area contributed by atoms with Crippen molar-refractivity contribution in [3.8, 4) is 0 Å². The number of carbonyl (C=O) groups excluding carboxylic acids is 2. The Morgan fingerprint density at radius 2 is 1.91 bits per heavy atom. The fraction of sp³-hybridized carbons (Fsp3) is 0.529. The first kappa shape index (κ1) is 15.5. The topological polar surface area (TPSA) is 49.4 Å². The maximum absolute atomic E-state index is 12.5. The molecular weight excluding hydrogens is 344 g/mol. The predicted octanol–water partition coefficient (Wildman–Crippen LogP) is 3.03. The molecule has 1 aliphatic carbocycles. The van der Waals surface area contributed by atoms with Gasteiger partial charge >= 0.3 is 0 Å². The summed E-state index contributed by atoms with van der Waals surface area (Å²) in [4.78, 5) is 26.6. The van der Waals surface area contributed by atoms with Crippen molar-refractivity contribution >= 4 is 27.7 Å². The minimum absolute atomic E-state index is 0.0260. The minimum atomic E-state index is -0.286. The Morgan fingerprint density at radius 1 is 1.23 bits per heavy atom. The average Bonchev–Trinajstić information content (AvgIpc) is 3.23. The van der Waals surface area contributed by atoms with Crippen molar-refractivity contribution in [2.45, 2.75) is 44.7 Å². The summed E-state index contributed by atoms with van der Waals surface area (Å²) in [6.45, 7) is 2.70. The zero-order valence-electron chi connectivity index (χ0n) is 12.7. The van der Waals surface area contributed by atoms with Gasteiger partial charge in [-0.25, -0.2) is 0 Å². The second kappa shape index (κ2) is 6.41. The molecule has 2 amide bonds. The third kappa shape index (κ3) is 3.35. The largest absolute Gasteiger partial charge is 0.348 e. The van der Waals surface area contributed by atoms with E-state index in [4.69, 9.17) is 0 Å². The van der Waals surface area contributed by atoms with E-state index in [1.54, 1.807) is 4.90 Å². The molecule has 2 fully saturated rings. The van der Waals surface area contributed by atoms with Crippen LogP contribution >= 0.6 is 15.9 Å². The molecule has 2 aliphatic rings. The first-order valence-electron chi connectivity index (χ1n) is 7.92. The highest BCUT2D eigenvalue weighted by atomic mass is 79.9. The first-order valence-corrected chi connectivity index (χ1v) is 8.72. The highest BCUT2D eigenvalue weighted by Crippen LogP contribution is 2.33. The van der Waals surface area contributed by atoms with Gasteiger partial charge in [0.05, 0.1) is 6.04 Å². The molecule has 0 spiro atoms. The molecule has 118 valence electrons. The maximum atomic E-state index is 12.5. The number of rotatable bonds is 4. The average molecular weight is 365 g/mol. The van der Waals surface area contributed by atoms with E-state index >= 15 is 0 Å². The van der Waals surface area contributed by atoms with Crippen LogP contribution in [0.1, 0.15) is 44.2 Å². The number of hydrogen-bond donors (Lipinski definition) is 1. The molecule has 4 nitrogen and oxygen atoms in total. The van der Waals surface area contributed by atoms with Crippen molar-refractivity contribution < 1.29 is 9.59 Å². The van der Waals surface area contributed by atoms with E-state index in [1.165, 1.54) is 0 Å². The smallest absolute Gasteiger partial charge is 0.243 e. The van der Waals surface area contributed by atoms with Crippen molar-refractivity contribution in [2.75, 3.05) is 6.54 Å². The first-order chi connectivity index (χ1) is 10.6. The summed E-state index contributed by atoms with van der Waals surface area (Å²) in [5.74, 6) is 0.327. The van der Waals surface area contributed by atoms with E-state index in [1.807, 2.05) is 31.2 Å². The van der Waals surface area contributed by atoms with Crippen LogP contribution in [0.5, 0.6) is 0 Å². The maximum Gasteiger partial charge on any atom is 0.243 e. The van der Waals surface area contributed by atoms with Gasteiger partial charge in [-0.05, 0) is 50.3 Å². The van der Waals surface area contributed by atoms with Crippen LogP contribution < -0.4 is 5.32 Å². The van der Waals surface area contributed by atoms with Gasteiger partial charge in [-0.3, -0.25) is 9.59 Å². The molecule has 0 aromatic heterocycles. The van der Waals surface area contributed by atoms with Gasteiger partial charge in [0.25, 0.3) is 0 Å².